The number of amides is 1. The number of rotatable bonds is 5. The molecule has 7 heteroatoms. The summed E-state index contributed by atoms with van der Waals surface area (Å²) >= 11 is 0. The number of halogens is 1. The number of methoxy groups -OCH3 is 1. The Morgan fingerprint density at radius 1 is 1.48 bits per heavy atom. The lowest BCUT2D eigenvalue weighted by Gasteiger charge is -2.25. The fraction of sp³-hybridized carbons (Fsp3) is 0.444. The van der Waals surface area contributed by atoms with Crippen LogP contribution >= 0.6 is 0 Å². The van der Waals surface area contributed by atoms with Crippen LogP contribution in [0.5, 0.6) is 5.75 Å². The lowest BCUT2D eigenvalue weighted by atomic mass is 9.99. The van der Waals surface area contributed by atoms with E-state index in [2.05, 4.69) is 15.5 Å². The first-order chi connectivity index (χ1) is 12.0. The van der Waals surface area contributed by atoms with Gasteiger partial charge in [0.05, 0.1) is 25.0 Å². The highest BCUT2D eigenvalue weighted by Gasteiger charge is 2.29. The van der Waals surface area contributed by atoms with Crippen LogP contribution in [-0.4, -0.2) is 35.9 Å². The molecule has 134 valence electrons. The van der Waals surface area contributed by atoms with Gasteiger partial charge in [-0.25, -0.2) is 4.39 Å². The monoisotopic (exact) mass is 347 g/mol. The Morgan fingerprint density at radius 2 is 2.28 bits per heavy atom. The zero-order valence-electron chi connectivity index (χ0n) is 14.6. The van der Waals surface area contributed by atoms with Crippen molar-refractivity contribution in [2.24, 2.45) is 0 Å². The van der Waals surface area contributed by atoms with Crippen LogP contribution < -0.4 is 10.1 Å². The third kappa shape index (κ3) is 3.66. The number of hydrogen-bond acceptors (Lipinski definition) is 4. The van der Waals surface area contributed by atoms with E-state index in [1.165, 1.54) is 13.2 Å². The summed E-state index contributed by atoms with van der Waals surface area (Å²) in [5.41, 5.74) is 2.98. The number of carbonyl (C=O) groups excluding carboxylic acids is 1. The van der Waals surface area contributed by atoms with E-state index in [4.69, 9.17) is 9.47 Å². The molecule has 1 aliphatic rings. The molecule has 0 radical (unpaired) electrons. The van der Waals surface area contributed by atoms with E-state index < -0.39 is 5.82 Å². The summed E-state index contributed by atoms with van der Waals surface area (Å²) in [5.74, 6) is -0.426. The van der Waals surface area contributed by atoms with Crippen molar-refractivity contribution in [2.45, 2.75) is 38.9 Å². The number of hydrogen-bond donors (Lipinski definition) is 2. The van der Waals surface area contributed by atoms with Gasteiger partial charge < -0.3 is 14.8 Å². The van der Waals surface area contributed by atoms with E-state index in [-0.39, 0.29) is 23.9 Å². The van der Waals surface area contributed by atoms with Crippen molar-refractivity contribution < 1.29 is 18.7 Å². The van der Waals surface area contributed by atoms with Crippen LogP contribution in [0.4, 0.5) is 4.39 Å². The molecule has 2 heterocycles. The maximum absolute atomic E-state index is 13.7. The van der Waals surface area contributed by atoms with E-state index in [1.54, 1.807) is 12.1 Å². The number of nitrogens with zero attached hydrogens (tertiary/aromatic N) is 1. The molecule has 2 aromatic rings. The molecule has 0 spiro atoms. The van der Waals surface area contributed by atoms with Crippen LogP contribution in [-0.2, 0) is 17.6 Å². The van der Waals surface area contributed by atoms with Crippen molar-refractivity contribution in [1.82, 2.24) is 15.5 Å². The topological polar surface area (TPSA) is 76.2 Å². The first kappa shape index (κ1) is 17.4. The number of benzene rings is 1. The summed E-state index contributed by atoms with van der Waals surface area (Å²) in [7, 11) is 1.43. The molecule has 1 aromatic heterocycles. The van der Waals surface area contributed by atoms with Crippen molar-refractivity contribution in [3.05, 3.63) is 46.5 Å². The molecule has 6 nitrogen and oxygen atoms in total. The molecule has 0 fully saturated rings. The largest absolute Gasteiger partial charge is 0.494 e. The Hall–Kier alpha value is -2.41. The second-order valence-corrected chi connectivity index (χ2v) is 6.23. The second kappa shape index (κ2) is 7.23. The van der Waals surface area contributed by atoms with E-state index in [9.17, 15) is 9.18 Å². The van der Waals surface area contributed by atoms with E-state index in [1.807, 2.05) is 13.8 Å². The summed E-state index contributed by atoms with van der Waals surface area (Å²) in [6, 6.07) is 4.78. The zero-order chi connectivity index (χ0) is 18.0. The molecule has 1 amide bonds. The highest BCUT2D eigenvalue weighted by molar-refractivity contribution is 5.94. The first-order valence-corrected chi connectivity index (χ1v) is 8.32. The van der Waals surface area contributed by atoms with Gasteiger partial charge in [0.1, 0.15) is 0 Å². The van der Waals surface area contributed by atoms with E-state index in [0.717, 1.165) is 16.8 Å². The van der Waals surface area contributed by atoms with Crippen LogP contribution in [0.1, 0.15) is 47.3 Å². The fourth-order valence-corrected chi connectivity index (χ4v) is 3.13. The van der Waals surface area contributed by atoms with Gasteiger partial charge in [-0.2, -0.15) is 5.10 Å². The third-order valence-corrected chi connectivity index (χ3v) is 4.36. The quantitative estimate of drug-likeness (QED) is 0.871. The molecule has 1 aromatic carbocycles. The van der Waals surface area contributed by atoms with E-state index in [0.29, 0.717) is 25.1 Å². The minimum atomic E-state index is -0.407. The molecule has 3 rings (SSSR count). The minimum Gasteiger partial charge on any atom is -0.494 e. The van der Waals surface area contributed by atoms with E-state index >= 15 is 0 Å². The number of carbonyl (C=O) groups is 1. The van der Waals surface area contributed by atoms with Gasteiger partial charge in [-0.1, -0.05) is 6.07 Å². The van der Waals surface area contributed by atoms with Gasteiger partial charge in [0.2, 0.25) is 0 Å². The number of aromatic amines is 1. The number of aromatic nitrogens is 2. The van der Waals surface area contributed by atoms with Crippen LogP contribution in [0.15, 0.2) is 18.2 Å². The van der Waals surface area contributed by atoms with Gasteiger partial charge in [-0.05, 0) is 38.0 Å². The van der Waals surface area contributed by atoms with Crippen molar-refractivity contribution in [3.8, 4) is 5.75 Å². The molecule has 0 saturated carbocycles. The number of ether oxygens (including phenoxy) is 2. The number of nitrogens with one attached hydrogen (secondary N) is 2. The van der Waals surface area contributed by atoms with Crippen molar-refractivity contribution >= 4 is 5.91 Å². The predicted octanol–water partition coefficient (Wildman–Crippen LogP) is 2.55. The van der Waals surface area contributed by atoms with Gasteiger partial charge in [0.25, 0.3) is 5.91 Å². The van der Waals surface area contributed by atoms with Crippen LogP contribution in [0.25, 0.3) is 0 Å². The van der Waals surface area contributed by atoms with Gasteiger partial charge in [0, 0.05) is 18.5 Å². The van der Waals surface area contributed by atoms with Crippen LogP contribution in [0.3, 0.4) is 0 Å². The second-order valence-electron chi connectivity index (χ2n) is 6.23. The van der Waals surface area contributed by atoms with Crippen LogP contribution in [0, 0.1) is 5.82 Å². The van der Waals surface area contributed by atoms with Crippen molar-refractivity contribution in [2.75, 3.05) is 13.7 Å². The highest BCUT2D eigenvalue weighted by atomic mass is 19.1. The Kier molecular flexibility index (Phi) is 5.03. The zero-order valence-corrected chi connectivity index (χ0v) is 14.6. The van der Waals surface area contributed by atoms with Crippen LogP contribution in [0.2, 0.25) is 0 Å². The maximum Gasteiger partial charge on any atom is 0.272 e. The average molecular weight is 347 g/mol. The molecule has 25 heavy (non-hydrogen) atoms. The molecule has 0 aliphatic carbocycles. The summed E-state index contributed by atoms with van der Waals surface area (Å²) in [6.45, 7) is 4.31. The molecule has 2 N–H and O–H groups in total. The fourth-order valence-electron chi connectivity index (χ4n) is 3.13. The molecular formula is C18H22FN3O3. The first-order valence-electron chi connectivity index (χ1n) is 8.32. The van der Waals surface area contributed by atoms with Gasteiger partial charge in [-0.3, -0.25) is 9.89 Å². The highest BCUT2D eigenvalue weighted by Crippen LogP contribution is 2.30. The Bertz CT molecular complexity index is 775. The predicted molar refractivity (Wildman–Crippen MR) is 90.2 cm³/mol. The summed E-state index contributed by atoms with van der Waals surface area (Å²) < 4.78 is 24.3. The lowest BCUT2D eigenvalue weighted by Crippen LogP contribution is -2.29. The van der Waals surface area contributed by atoms with Crippen molar-refractivity contribution in [3.63, 3.8) is 0 Å². The maximum atomic E-state index is 13.7. The average Bonchev–Trinajstić information content (AvgIpc) is 2.99. The third-order valence-electron chi connectivity index (χ3n) is 4.36. The molecular weight excluding hydrogens is 325 g/mol. The van der Waals surface area contributed by atoms with Gasteiger partial charge in [-0.15, -0.1) is 0 Å². The Labute approximate surface area is 145 Å². The van der Waals surface area contributed by atoms with Crippen molar-refractivity contribution in [1.29, 1.82) is 0 Å². The number of H-pyrrole nitrogens is 1. The number of fused-ring (bicyclic) bond motifs is 1. The Balaban J connectivity index is 1.61. The normalized spacial score (nSPS) is 19.4. The molecule has 0 saturated heterocycles. The molecule has 0 bridgehead atoms. The minimum absolute atomic E-state index is 0.0499. The smallest absolute Gasteiger partial charge is 0.272 e. The standard InChI is InChI=1S/C18H22FN3O3/c1-10-8-13-16(11(2)25-10)21-22-17(13)18(23)20-7-6-12-4-5-15(24-3)14(19)9-12/h4-5,9-11H,6-8H2,1-3H3,(H,20,23)(H,21,22)/t10-,11+/m0/s1. The lowest BCUT2D eigenvalue weighted by molar-refractivity contribution is -0.00697. The summed E-state index contributed by atoms with van der Waals surface area (Å²) in [6.07, 6.45) is 1.13. The molecule has 2 atom stereocenters. The summed E-state index contributed by atoms with van der Waals surface area (Å²) in [4.78, 5) is 12.4. The van der Waals surface area contributed by atoms with Gasteiger partial charge >= 0.3 is 0 Å². The summed E-state index contributed by atoms with van der Waals surface area (Å²) in [5, 5.41) is 9.90. The molecule has 0 unspecified atom stereocenters. The Morgan fingerprint density at radius 3 is 3.00 bits per heavy atom. The SMILES string of the molecule is COc1ccc(CCNC(=O)c2n[nH]c3c2C[C@H](C)O[C@@H]3C)cc1F. The molecule has 1 aliphatic heterocycles. The van der Waals surface area contributed by atoms with Gasteiger partial charge in [0.15, 0.2) is 17.3 Å².